The molecule has 5 nitrogen and oxygen atoms in total. The van der Waals surface area contributed by atoms with E-state index >= 15 is 0 Å². The smallest absolute Gasteiger partial charge is 0.321 e. The van der Waals surface area contributed by atoms with Crippen LogP contribution in [0.1, 0.15) is 11.3 Å². The predicted molar refractivity (Wildman–Crippen MR) is 96.6 cm³/mol. The van der Waals surface area contributed by atoms with Crippen molar-refractivity contribution >= 4 is 22.5 Å². The number of rotatable bonds is 3. The molecular weight excluding hydrogens is 355 g/mol. The second kappa shape index (κ2) is 6.39. The molecule has 0 fully saturated rings. The van der Waals surface area contributed by atoms with Crippen molar-refractivity contribution in [2.75, 3.05) is 5.32 Å². The minimum Gasteiger partial charge on any atom is -0.321 e. The predicted octanol–water partition coefficient (Wildman–Crippen LogP) is 5.09. The molecule has 0 unspecified atom stereocenters. The Hall–Kier alpha value is -3.42. The fraction of sp³-hybridized carbons (Fsp3) is 0.105. The minimum absolute atomic E-state index is 0.0623. The van der Waals surface area contributed by atoms with Crippen LogP contribution in [0.2, 0.25) is 0 Å². The maximum absolute atomic E-state index is 13.4. The molecular formula is C19H14F3N5. The number of halogens is 3. The number of aromatic nitrogens is 4. The standard InChI is InChI=1S/C19H14F3N5/c1-11-14(12-6-2-4-8-15(12)19(20,21)22)10-17(26-24-11)23-18-13-7-3-5-9-16(13)25-27-18/h2-10H,1H3,(H2,23,25,26,27). The lowest BCUT2D eigenvalue weighted by Gasteiger charge is -2.14. The molecule has 0 aliphatic rings. The second-order valence-electron chi connectivity index (χ2n) is 6.01. The zero-order chi connectivity index (χ0) is 19.0. The van der Waals surface area contributed by atoms with Gasteiger partial charge >= 0.3 is 6.18 Å². The van der Waals surface area contributed by atoms with E-state index in [1.54, 1.807) is 19.1 Å². The van der Waals surface area contributed by atoms with Crippen LogP contribution in [0.25, 0.3) is 22.0 Å². The van der Waals surface area contributed by atoms with E-state index < -0.39 is 11.7 Å². The van der Waals surface area contributed by atoms with Gasteiger partial charge in [0, 0.05) is 10.9 Å². The molecule has 4 aromatic rings. The molecule has 0 spiro atoms. The number of benzene rings is 2. The van der Waals surface area contributed by atoms with Gasteiger partial charge in [-0.05, 0) is 36.8 Å². The van der Waals surface area contributed by atoms with Crippen LogP contribution in [-0.2, 0) is 6.18 Å². The van der Waals surface area contributed by atoms with Gasteiger partial charge < -0.3 is 5.32 Å². The van der Waals surface area contributed by atoms with E-state index in [0.717, 1.165) is 17.0 Å². The fourth-order valence-electron chi connectivity index (χ4n) is 2.93. The highest BCUT2D eigenvalue weighted by Crippen LogP contribution is 2.38. The molecule has 0 saturated carbocycles. The van der Waals surface area contributed by atoms with Crippen molar-refractivity contribution in [2.45, 2.75) is 13.1 Å². The van der Waals surface area contributed by atoms with Gasteiger partial charge in [0.25, 0.3) is 0 Å². The van der Waals surface area contributed by atoms with Crippen LogP contribution in [0.4, 0.5) is 24.8 Å². The number of aryl methyl sites for hydroxylation is 1. The van der Waals surface area contributed by atoms with Crippen molar-refractivity contribution in [3.63, 3.8) is 0 Å². The Balaban J connectivity index is 1.77. The van der Waals surface area contributed by atoms with Crippen LogP contribution in [-0.4, -0.2) is 20.4 Å². The van der Waals surface area contributed by atoms with E-state index in [2.05, 4.69) is 25.7 Å². The SMILES string of the molecule is Cc1nnc(Nc2n[nH]c3ccccc23)cc1-c1ccccc1C(F)(F)F. The van der Waals surface area contributed by atoms with Crippen LogP contribution in [0, 0.1) is 6.92 Å². The summed E-state index contributed by atoms with van der Waals surface area (Å²) in [6.07, 6.45) is -4.46. The van der Waals surface area contributed by atoms with Crippen LogP contribution in [0.15, 0.2) is 54.6 Å². The van der Waals surface area contributed by atoms with Gasteiger partial charge in [0.15, 0.2) is 11.6 Å². The largest absolute Gasteiger partial charge is 0.417 e. The Morgan fingerprint density at radius 2 is 1.67 bits per heavy atom. The average Bonchev–Trinajstić information content (AvgIpc) is 3.06. The molecule has 2 heterocycles. The first-order valence-corrected chi connectivity index (χ1v) is 8.14. The minimum atomic E-state index is -4.46. The Morgan fingerprint density at radius 1 is 0.926 bits per heavy atom. The van der Waals surface area contributed by atoms with Crippen molar-refractivity contribution in [1.82, 2.24) is 20.4 Å². The molecule has 0 aliphatic heterocycles. The van der Waals surface area contributed by atoms with Gasteiger partial charge in [0.05, 0.1) is 16.8 Å². The molecule has 0 saturated heterocycles. The summed E-state index contributed by atoms with van der Waals surface area (Å²) in [5.74, 6) is 0.837. The lowest BCUT2D eigenvalue weighted by atomic mass is 9.98. The third kappa shape index (κ3) is 3.21. The molecule has 2 N–H and O–H groups in total. The van der Waals surface area contributed by atoms with Crippen LogP contribution in [0.5, 0.6) is 0 Å². The highest BCUT2D eigenvalue weighted by Gasteiger charge is 2.33. The van der Waals surface area contributed by atoms with Crippen LogP contribution < -0.4 is 5.32 Å². The monoisotopic (exact) mass is 369 g/mol. The molecule has 0 radical (unpaired) electrons. The molecule has 0 bridgehead atoms. The van der Waals surface area contributed by atoms with Gasteiger partial charge in [-0.1, -0.05) is 30.3 Å². The molecule has 136 valence electrons. The average molecular weight is 369 g/mol. The lowest BCUT2D eigenvalue weighted by Crippen LogP contribution is -2.08. The molecule has 27 heavy (non-hydrogen) atoms. The van der Waals surface area contributed by atoms with Gasteiger partial charge in [-0.3, -0.25) is 5.10 Å². The molecule has 0 amide bonds. The number of H-pyrrole nitrogens is 1. The fourth-order valence-corrected chi connectivity index (χ4v) is 2.93. The summed E-state index contributed by atoms with van der Waals surface area (Å²) in [5.41, 5.74) is 0.955. The third-order valence-electron chi connectivity index (χ3n) is 4.22. The van der Waals surface area contributed by atoms with Crippen LogP contribution in [0.3, 0.4) is 0 Å². The molecule has 8 heteroatoms. The molecule has 2 aromatic carbocycles. The maximum Gasteiger partial charge on any atom is 0.417 e. The van der Waals surface area contributed by atoms with Gasteiger partial charge in [0.1, 0.15) is 0 Å². The first-order chi connectivity index (χ1) is 12.9. The van der Waals surface area contributed by atoms with Crippen molar-refractivity contribution in [1.29, 1.82) is 0 Å². The summed E-state index contributed by atoms with van der Waals surface area (Å²) in [6, 6.07) is 14.5. The van der Waals surface area contributed by atoms with E-state index in [-0.39, 0.29) is 5.56 Å². The van der Waals surface area contributed by atoms with Crippen LogP contribution >= 0.6 is 0 Å². The zero-order valence-electron chi connectivity index (χ0n) is 14.2. The van der Waals surface area contributed by atoms with E-state index in [1.165, 1.54) is 12.1 Å². The first kappa shape index (κ1) is 17.0. The summed E-state index contributed by atoms with van der Waals surface area (Å²) in [6.45, 7) is 1.63. The van der Waals surface area contributed by atoms with Crippen molar-refractivity contribution in [3.8, 4) is 11.1 Å². The Labute approximate surface area is 152 Å². The number of hydrogen-bond acceptors (Lipinski definition) is 4. The van der Waals surface area contributed by atoms with Gasteiger partial charge in [-0.25, -0.2) is 0 Å². The quantitative estimate of drug-likeness (QED) is 0.528. The number of hydrogen-bond donors (Lipinski definition) is 2. The number of nitrogens with zero attached hydrogens (tertiary/aromatic N) is 3. The maximum atomic E-state index is 13.4. The van der Waals surface area contributed by atoms with Gasteiger partial charge in [-0.15, -0.1) is 5.10 Å². The summed E-state index contributed by atoms with van der Waals surface area (Å²) < 4.78 is 40.1. The number of alkyl halides is 3. The molecule has 0 aliphatic carbocycles. The number of nitrogens with one attached hydrogen (secondary N) is 2. The van der Waals surface area contributed by atoms with Gasteiger partial charge in [-0.2, -0.15) is 23.4 Å². The van der Waals surface area contributed by atoms with Crippen molar-refractivity contribution < 1.29 is 13.2 Å². The summed E-state index contributed by atoms with van der Waals surface area (Å²) in [5, 5.41) is 19.0. The van der Waals surface area contributed by atoms with E-state index in [1.807, 2.05) is 24.3 Å². The lowest BCUT2D eigenvalue weighted by molar-refractivity contribution is -0.137. The van der Waals surface area contributed by atoms with E-state index in [9.17, 15) is 13.2 Å². The van der Waals surface area contributed by atoms with E-state index in [0.29, 0.717) is 22.9 Å². The van der Waals surface area contributed by atoms with Crippen molar-refractivity contribution in [2.24, 2.45) is 0 Å². The van der Waals surface area contributed by atoms with E-state index in [4.69, 9.17) is 0 Å². The summed E-state index contributed by atoms with van der Waals surface area (Å²) >= 11 is 0. The molecule has 0 atom stereocenters. The third-order valence-corrected chi connectivity index (χ3v) is 4.22. The topological polar surface area (TPSA) is 66.5 Å². The number of aromatic amines is 1. The summed E-state index contributed by atoms with van der Waals surface area (Å²) in [7, 11) is 0. The Bertz CT molecular complexity index is 1120. The number of para-hydroxylation sites is 1. The van der Waals surface area contributed by atoms with Crippen molar-refractivity contribution in [3.05, 3.63) is 65.9 Å². The summed E-state index contributed by atoms with van der Waals surface area (Å²) in [4.78, 5) is 0. The second-order valence-corrected chi connectivity index (χ2v) is 6.01. The molecule has 2 aromatic heterocycles. The molecule has 4 rings (SSSR count). The highest BCUT2D eigenvalue weighted by atomic mass is 19.4. The first-order valence-electron chi connectivity index (χ1n) is 8.14. The Kier molecular flexibility index (Phi) is 4.02. The zero-order valence-corrected chi connectivity index (χ0v) is 14.2. The highest BCUT2D eigenvalue weighted by molar-refractivity contribution is 5.91. The Morgan fingerprint density at radius 3 is 2.48 bits per heavy atom. The normalized spacial score (nSPS) is 11.7. The number of fused-ring (bicyclic) bond motifs is 1. The van der Waals surface area contributed by atoms with Gasteiger partial charge in [0.2, 0.25) is 0 Å². The number of anilines is 2.